The number of nitrogens with one attached hydrogen (secondary N) is 1. The van der Waals surface area contributed by atoms with Gasteiger partial charge in [-0.1, -0.05) is 12.1 Å². The molecule has 2 rings (SSSR count). The van der Waals surface area contributed by atoms with Crippen molar-refractivity contribution in [2.24, 2.45) is 0 Å². The number of phenolic OH excluding ortho intramolecular Hbond substituents is 1. The van der Waals surface area contributed by atoms with Crippen LogP contribution in [0.2, 0.25) is 0 Å². The number of hydrogen-bond donors (Lipinski definition) is 2. The molecule has 2 N–H and O–H groups in total. The van der Waals surface area contributed by atoms with Gasteiger partial charge >= 0.3 is 0 Å². The highest BCUT2D eigenvalue weighted by molar-refractivity contribution is 5.91. The second-order valence-corrected chi connectivity index (χ2v) is 4.25. The molecule has 0 aliphatic carbocycles. The fraction of sp³-hybridized carbons (Fsp3) is 0.133. The average Bonchev–Trinajstić information content (AvgIpc) is 2.40. The lowest BCUT2D eigenvalue weighted by atomic mass is 10.2. The summed E-state index contributed by atoms with van der Waals surface area (Å²) in [6.45, 7) is 1.47. The number of phenols is 1. The van der Waals surface area contributed by atoms with Crippen molar-refractivity contribution in [1.82, 2.24) is 0 Å². The molecule has 0 radical (unpaired) electrons. The molecule has 0 aliphatic heterocycles. The van der Waals surface area contributed by atoms with Gasteiger partial charge in [0.2, 0.25) is 0 Å². The third kappa shape index (κ3) is 3.47. The van der Waals surface area contributed by atoms with E-state index in [-0.39, 0.29) is 12.4 Å². The van der Waals surface area contributed by atoms with Crippen molar-refractivity contribution < 1.29 is 19.0 Å². The molecule has 2 aromatic rings. The molecule has 0 atom stereocenters. The van der Waals surface area contributed by atoms with E-state index in [1.165, 1.54) is 24.3 Å². The number of carbonyl (C=O) groups is 1. The maximum absolute atomic E-state index is 13.0. The second kappa shape index (κ2) is 6.06. The summed E-state index contributed by atoms with van der Waals surface area (Å²) in [5.41, 5.74) is 0.928. The van der Waals surface area contributed by atoms with E-state index in [0.717, 1.165) is 0 Å². The van der Waals surface area contributed by atoms with E-state index in [1.807, 2.05) is 0 Å². The summed E-state index contributed by atoms with van der Waals surface area (Å²) in [6.07, 6.45) is 0. The molecule has 20 heavy (non-hydrogen) atoms. The molecular weight excluding hydrogens is 261 g/mol. The van der Waals surface area contributed by atoms with Crippen LogP contribution in [0.25, 0.3) is 0 Å². The minimum atomic E-state index is -0.424. The lowest BCUT2D eigenvalue weighted by Crippen LogP contribution is -2.20. The molecule has 0 saturated heterocycles. The molecule has 0 aromatic heterocycles. The zero-order valence-corrected chi connectivity index (χ0v) is 10.9. The number of halogens is 1. The smallest absolute Gasteiger partial charge is 0.262 e. The van der Waals surface area contributed by atoms with Crippen LogP contribution in [0.3, 0.4) is 0 Å². The van der Waals surface area contributed by atoms with Crippen molar-refractivity contribution in [3.63, 3.8) is 0 Å². The summed E-state index contributed by atoms with van der Waals surface area (Å²) in [5.74, 6) is -0.293. The highest BCUT2D eigenvalue weighted by atomic mass is 19.1. The highest BCUT2D eigenvalue weighted by Gasteiger charge is 2.07. The van der Waals surface area contributed by atoms with Gasteiger partial charge in [0.1, 0.15) is 17.3 Å². The highest BCUT2D eigenvalue weighted by Crippen LogP contribution is 2.25. The number of amides is 1. The van der Waals surface area contributed by atoms with Crippen molar-refractivity contribution in [2.75, 3.05) is 11.9 Å². The van der Waals surface area contributed by atoms with Crippen LogP contribution < -0.4 is 10.1 Å². The summed E-state index contributed by atoms with van der Waals surface area (Å²) in [5, 5.41) is 12.0. The van der Waals surface area contributed by atoms with Crippen molar-refractivity contribution in [2.45, 2.75) is 6.92 Å². The second-order valence-electron chi connectivity index (χ2n) is 4.25. The monoisotopic (exact) mass is 275 g/mol. The third-order valence-electron chi connectivity index (χ3n) is 2.72. The Bertz CT molecular complexity index is 628. The number of hydrogen-bond acceptors (Lipinski definition) is 3. The Morgan fingerprint density at radius 3 is 2.80 bits per heavy atom. The van der Waals surface area contributed by atoms with E-state index in [1.54, 1.807) is 25.1 Å². The zero-order valence-electron chi connectivity index (χ0n) is 10.9. The van der Waals surface area contributed by atoms with Crippen LogP contribution in [0.1, 0.15) is 5.56 Å². The summed E-state index contributed by atoms with van der Waals surface area (Å²) < 4.78 is 18.3. The predicted octanol–water partition coefficient (Wildman–Crippen LogP) is 2.86. The summed E-state index contributed by atoms with van der Waals surface area (Å²) in [7, 11) is 0. The lowest BCUT2D eigenvalue weighted by Gasteiger charge is -2.10. The quantitative estimate of drug-likeness (QED) is 0.902. The first-order valence-electron chi connectivity index (χ1n) is 6.03. The molecule has 0 aliphatic rings. The standard InChI is InChI=1S/C15H14FNO3/c1-10-13(18)6-3-7-14(10)20-9-15(19)17-12-5-2-4-11(16)8-12/h2-8,18H,9H2,1H3,(H,17,19). The Labute approximate surface area is 115 Å². The number of ether oxygens (including phenoxy) is 1. The molecule has 0 bridgehead atoms. The fourth-order valence-corrected chi connectivity index (χ4v) is 1.67. The van der Waals surface area contributed by atoms with Crippen LogP contribution in [0.5, 0.6) is 11.5 Å². The third-order valence-corrected chi connectivity index (χ3v) is 2.72. The molecule has 1 amide bonds. The lowest BCUT2D eigenvalue weighted by molar-refractivity contribution is -0.118. The first-order valence-corrected chi connectivity index (χ1v) is 6.03. The Balaban J connectivity index is 1.94. The van der Waals surface area contributed by atoms with Crippen molar-refractivity contribution in [3.8, 4) is 11.5 Å². The molecule has 0 heterocycles. The number of benzene rings is 2. The number of rotatable bonds is 4. The molecular formula is C15H14FNO3. The van der Waals surface area contributed by atoms with Gasteiger partial charge in [-0.2, -0.15) is 0 Å². The Morgan fingerprint density at radius 1 is 1.30 bits per heavy atom. The van der Waals surface area contributed by atoms with Crippen molar-refractivity contribution in [1.29, 1.82) is 0 Å². The van der Waals surface area contributed by atoms with Crippen molar-refractivity contribution in [3.05, 3.63) is 53.8 Å². The van der Waals surface area contributed by atoms with E-state index < -0.39 is 11.7 Å². The van der Waals surface area contributed by atoms with Gasteiger partial charge in [-0.3, -0.25) is 4.79 Å². The number of aromatic hydroxyl groups is 1. The molecule has 0 saturated carbocycles. The minimum absolute atomic E-state index is 0.105. The largest absolute Gasteiger partial charge is 0.508 e. The van der Waals surface area contributed by atoms with Crippen LogP contribution in [-0.4, -0.2) is 17.6 Å². The van der Waals surface area contributed by atoms with Crippen LogP contribution in [0.15, 0.2) is 42.5 Å². The van der Waals surface area contributed by atoms with E-state index in [0.29, 0.717) is 17.0 Å². The minimum Gasteiger partial charge on any atom is -0.508 e. The van der Waals surface area contributed by atoms with Gasteiger partial charge in [-0.05, 0) is 37.3 Å². The first-order chi connectivity index (χ1) is 9.56. The molecule has 2 aromatic carbocycles. The van der Waals surface area contributed by atoms with Crippen LogP contribution >= 0.6 is 0 Å². The van der Waals surface area contributed by atoms with Gasteiger partial charge < -0.3 is 15.2 Å². The van der Waals surface area contributed by atoms with Crippen LogP contribution in [0, 0.1) is 12.7 Å². The topological polar surface area (TPSA) is 58.6 Å². The first kappa shape index (κ1) is 13.9. The van der Waals surface area contributed by atoms with Gasteiger partial charge in [0.15, 0.2) is 6.61 Å². The van der Waals surface area contributed by atoms with E-state index in [4.69, 9.17) is 4.74 Å². The van der Waals surface area contributed by atoms with E-state index in [9.17, 15) is 14.3 Å². The Hall–Kier alpha value is -2.56. The molecule has 104 valence electrons. The Kier molecular flexibility index (Phi) is 4.20. The zero-order chi connectivity index (χ0) is 14.5. The normalized spacial score (nSPS) is 10.1. The average molecular weight is 275 g/mol. The number of carbonyl (C=O) groups excluding carboxylic acids is 1. The van der Waals surface area contributed by atoms with Gasteiger partial charge in [-0.15, -0.1) is 0 Å². The molecule has 0 spiro atoms. The SMILES string of the molecule is Cc1c(O)cccc1OCC(=O)Nc1cccc(F)c1. The van der Waals surface area contributed by atoms with Gasteiger partial charge in [0.25, 0.3) is 5.91 Å². The fourth-order valence-electron chi connectivity index (χ4n) is 1.67. The summed E-state index contributed by atoms with van der Waals surface area (Å²) in [4.78, 5) is 11.7. The molecule has 0 unspecified atom stereocenters. The van der Waals surface area contributed by atoms with Crippen molar-refractivity contribution >= 4 is 11.6 Å². The van der Waals surface area contributed by atoms with Gasteiger partial charge in [0, 0.05) is 11.3 Å². The van der Waals surface area contributed by atoms with E-state index in [2.05, 4.69) is 5.32 Å². The number of anilines is 1. The van der Waals surface area contributed by atoms with Crippen LogP contribution in [0.4, 0.5) is 10.1 Å². The Morgan fingerprint density at radius 2 is 2.05 bits per heavy atom. The maximum atomic E-state index is 13.0. The maximum Gasteiger partial charge on any atom is 0.262 e. The summed E-state index contributed by atoms with van der Waals surface area (Å²) in [6, 6.07) is 10.4. The molecule has 5 heteroatoms. The van der Waals surface area contributed by atoms with Gasteiger partial charge in [-0.25, -0.2) is 4.39 Å². The summed E-state index contributed by atoms with van der Waals surface area (Å²) >= 11 is 0. The van der Waals surface area contributed by atoms with Gasteiger partial charge in [0.05, 0.1) is 0 Å². The van der Waals surface area contributed by atoms with Crippen LogP contribution in [-0.2, 0) is 4.79 Å². The molecule has 4 nitrogen and oxygen atoms in total. The predicted molar refractivity (Wildman–Crippen MR) is 73.4 cm³/mol. The van der Waals surface area contributed by atoms with E-state index >= 15 is 0 Å². The molecule has 0 fully saturated rings.